The van der Waals surface area contributed by atoms with E-state index in [9.17, 15) is 17.6 Å². The van der Waals surface area contributed by atoms with E-state index in [1.54, 1.807) is 0 Å². The SMILES string of the molecule is CNC(c1cc(F)ccc1F)c1cc(F)ccc1F. The number of nitrogens with one attached hydrogen (secondary N) is 1. The first-order valence-corrected chi connectivity index (χ1v) is 5.60. The lowest BCUT2D eigenvalue weighted by Gasteiger charge is -2.18. The second kappa shape index (κ2) is 5.40. The Bertz CT molecular complexity index is 546. The van der Waals surface area contributed by atoms with Gasteiger partial charge < -0.3 is 5.32 Å². The van der Waals surface area contributed by atoms with Crippen molar-refractivity contribution in [3.05, 3.63) is 70.8 Å². The van der Waals surface area contributed by atoms with E-state index >= 15 is 0 Å². The first kappa shape index (κ1) is 13.5. The lowest BCUT2D eigenvalue weighted by atomic mass is 9.97. The molecule has 0 amide bonds. The molecule has 19 heavy (non-hydrogen) atoms. The summed E-state index contributed by atoms with van der Waals surface area (Å²) in [6, 6.07) is 4.78. The van der Waals surface area contributed by atoms with Gasteiger partial charge in [0.25, 0.3) is 0 Å². The van der Waals surface area contributed by atoms with Gasteiger partial charge in [0.05, 0.1) is 6.04 Å². The highest BCUT2D eigenvalue weighted by atomic mass is 19.1. The van der Waals surface area contributed by atoms with Crippen molar-refractivity contribution in [1.29, 1.82) is 0 Å². The van der Waals surface area contributed by atoms with Crippen LogP contribution in [0.2, 0.25) is 0 Å². The average molecular weight is 269 g/mol. The zero-order chi connectivity index (χ0) is 14.0. The molecular formula is C14H11F4N. The molecule has 5 heteroatoms. The molecule has 2 aromatic rings. The van der Waals surface area contributed by atoms with E-state index in [1.807, 2.05) is 0 Å². The largest absolute Gasteiger partial charge is 0.309 e. The van der Waals surface area contributed by atoms with Crippen molar-refractivity contribution in [2.24, 2.45) is 0 Å². The zero-order valence-electron chi connectivity index (χ0n) is 10.1. The second-order valence-electron chi connectivity index (χ2n) is 4.05. The molecule has 100 valence electrons. The van der Waals surface area contributed by atoms with E-state index in [1.165, 1.54) is 7.05 Å². The third-order valence-corrected chi connectivity index (χ3v) is 2.83. The van der Waals surface area contributed by atoms with Gasteiger partial charge in [0.1, 0.15) is 23.3 Å². The number of hydrogen-bond acceptors (Lipinski definition) is 1. The van der Waals surface area contributed by atoms with Crippen LogP contribution in [-0.2, 0) is 0 Å². The Balaban J connectivity index is 2.55. The molecule has 1 N–H and O–H groups in total. The lowest BCUT2D eigenvalue weighted by Crippen LogP contribution is -2.20. The highest BCUT2D eigenvalue weighted by Crippen LogP contribution is 2.27. The van der Waals surface area contributed by atoms with Crippen LogP contribution in [0.5, 0.6) is 0 Å². The fraction of sp³-hybridized carbons (Fsp3) is 0.143. The van der Waals surface area contributed by atoms with Gasteiger partial charge in [0, 0.05) is 11.1 Å². The quantitative estimate of drug-likeness (QED) is 0.840. The Morgan fingerprint density at radius 3 is 1.58 bits per heavy atom. The Labute approximate surface area is 107 Å². The van der Waals surface area contributed by atoms with Gasteiger partial charge in [-0.25, -0.2) is 17.6 Å². The molecule has 0 fully saturated rings. The summed E-state index contributed by atoms with van der Waals surface area (Å²) in [5.41, 5.74) is -0.154. The first-order valence-electron chi connectivity index (χ1n) is 5.60. The van der Waals surface area contributed by atoms with Crippen molar-refractivity contribution in [1.82, 2.24) is 5.32 Å². The topological polar surface area (TPSA) is 12.0 Å². The predicted molar refractivity (Wildman–Crippen MR) is 63.6 cm³/mol. The summed E-state index contributed by atoms with van der Waals surface area (Å²) in [4.78, 5) is 0. The van der Waals surface area contributed by atoms with E-state index in [2.05, 4.69) is 5.32 Å². The normalized spacial score (nSPS) is 11.1. The Morgan fingerprint density at radius 2 is 1.21 bits per heavy atom. The summed E-state index contributed by atoms with van der Waals surface area (Å²) < 4.78 is 53.8. The van der Waals surface area contributed by atoms with Crippen molar-refractivity contribution in [3.63, 3.8) is 0 Å². The van der Waals surface area contributed by atoms with E-state index < -0.39 is 29.3 Å². The summed E-state index contributed by atoms with van der Waals surface area (Å²) in [6.45, 7) is 0. The van der Waals surface area contributed by atoms with E-state index in [0.29, 0.717) is 0 Å². The number of benzene rings is 2. The van der Waals surface area contributed by atoms with E-state index in [4.69, 9.17) is 0 Å². The third-order valence-electron chi connectivity index (χ3n) is 2.83. The standard InChI is InChI=1S/C14H11F4N/c1-19-14(10-6-8(15)2-4-12(10)17)11-7-9(16)3-5-13(11)18/h2-7,14,19H,1H3. The summed E-state index contributed by atoms with van der Waals surface area (Å²) in [6.07, 6.45) is 0. The van der Waals surface area contributed by atoms with Crippen LogP contribution < -0.4 is 5.32 Å². The minimum absolute atomic E-state index is 0.0769. The molecule has 0 aliphatic carbocycles. The van der Waals surface area contributed by atoms with Gasteiger partial charge in [-0.3, -0.25) is 0 Å². The highest BCUT2D eigenvalue weighted by molar-refractivity contribution is 5.34. The molecule has 0 aliphatic rings. The highest BCUT2D eigenvalue weighted by Gasteiger charge is 2.20. The van der Waals surface area contributed by atoms with Gasteiger partial charge in [0.2, 0.25) is 0 Å². The maximum atomic E-state index is 13.7. The van der Waals surface area contributed by atoms with Crippen LogP contribution in [0.4, 0.5) is 17.6 Å². The number of halogens is 4. The summed E-state index contributed by atoms with van der Waals surface area (Å²) >= 11 is 0. The van der Waals surface area contributed by atoms with Crippen LogP contribution in [0.25, 0.3) is 0 Å². The predicted octanol–water partition coefficient (Wildman–Crippen LogP) is 3.55. The monoisotopic (exact) mass is 269 g/mol. The molecule has 2 aromatic carbocycles. The Morgan fingerprint density at radius 1 is 0.789 bits per heavy atom. The molecule has 0 atom stereocenters. The average Bonchev–Trinajstić information content (AvgIpc) is 2.38. The second-order valence-corrected chi connectivity index (χ2v) is 4.05. The van der Waals surface area contributed by atoms with Gasteiger partial charge in [-0.15, -0.1) is 0 Å². The molecular weight excluding hydrogens is 258 g/mol. The maximum Gasteiger partial charge on any atom is 0.128 e. The minimum atomic E-state index is -0.966. The number of hydrogen-bond donors (Lipinski definition) is 1. The molecule has 0 saturated carbocycles. The van der Waals surface area contributed by atoms with Gasteiger partial charge in [0.15, 0.2) is 0 Å². The third kappa shape index (κ3) is 2.76. The van der Waals surface area contributed by atoms with Crippen molar-refractivity contribution in [3.8, 4) is 0 Å². The fourth-order valence-corrected chi connectivity index (χ4v) is 1.95. The zero-order valence-corrected chi connectivity index (χ0v) is 10.1. The molecule has 0 aromatic heterocycles. The number of rotatable bonds is 3. The molecule has 0 saturated heterocycles. The molecule has 2 rings (SSSR count). The van der Waals surface area contributed by atoms with Crippen molar-refractivity contribution in [2.75, 3.05) is 7.05 Å². The smallest absolute Gasteiger partial charge is 0.128 e. The fourth-order valence-electron chi connectivity index (χ4n) is 1.95. The molecule has 0 heterocycles. The van der Waals surface area contributed by atoms with Crippen molar-refractivity contribution < 1.29 is 17.6 Å². The van der Waals surface area contributed by atoms with Crippen molar-refractivity contribution >= 4 is 0 Å². The first-order chi connectivity index (χ1) is 9.02. The van der Waals surface area contributed by atoms with Gasteiger partial charge in [-0.05, 0) is 43.4 Å². The maximum absolute atomic E-state index is 13.7. The van der Waals surface area contributed by atoms with E-state index in [0.717, 1.165) is 36.4 Å². The van der Waals surface area contributed by atoms with Gasteiger partial charge in [-0.1, -0.05) is 0 Å². The van der Waals surface area contributed by atoms with Gasteiger partial charge >= 0.3 is 0 Å². The molecule has 0 aliphatic heterocycles. The molecule has 0 bridgehead atoms. The molecule has 0 radical (unpaired) electrons. The minimum Gasteiger partial charge on any atom is -0.309 e. The van der Waals surface area contributed by atoms with Crippen LogP contribution in [0, 0.1) is 23.3 Å². The lowest BCUT2D eigenvalue weighted by molar-refractivity contribution is 0.530. The van der Waals surface area contributed by atoms with Gasteiger partial charge in [-0.2, -0.15) is 0 Å². The Kier molecular flexibility index (Phi) is 3.85. The summed E-state index contributed by atoms with van der Waals surface area (Å²) in [7, 11) is 1.46. The van der Waals surface area contributed by atoms with Crippen LogP contribution in [-0.4, -0.2) is 7.05 Å². The summed E-state index contributed by atoms with van der Waals surface area (Å²) in [5.74, 6) is -2.67. The molecule has 0 unspecified atom stereocenters. The van der Waals surface area contributed by atoms with Crippen LogP contribution >= 0.6 is 0 Å². The Hall–Kier alpha value is -1.88. The molecule has 1 nitrogen and oxygen atoms in total. The molecule has 0 spiro atoms. The van der Waals surface area contributed by atoms with Crippen LogP contribution in [0.3, 0.4) is 0 Å². The van der Waals surface area contributed by atoms with Crippen molar-refractivity contribution in [2.45, 2.75) is 6.04 Å². The van der Waals surface area contributed by atoms with E-state index in [-0.39, 0.29) is 11.1 Å². The van der Waals surface area contributed by atoms with Crippen LogP contribution in [0.1, 0.15) is 17.2 Å². The van der Waals surface area contributed by atoms with Crippen LogP contribution in [0.15, 0.2) is 36.4 Å². The summed E-state index contributed by atoms with van der Waals surface area (Å²) in [5, 5.41) is 2.66.